The third-order valence-electron chi connectivity index (χ3n) is 3.07. The zero-order valence-corrected chi connectivity index (χ0v) is 13.9. The minimum absolute atomic E-state index is 0.254. The summed E-state index contributed by atoms with van der Waals surface area (Å²) in [6, 6.07) is 11.9. The van der Waals surface area contributed by atoms with E-state index < -0.39 is 10.0 Å². The van der Waals surface area contributed by atoms with Gasteiger partial charge in [-0.15, -0.1) is 0 Å². The molecule has 0 saturated carbocycles. The smallest absolute Gasteiger partial charge is 0.255 e. The molecule has 2 N–H and O–H groups in total. The predicted octanol–water partition coefficient (Wildman–Crippen LogP) is 2.63. The van der Waals surface area contributed by atoms with Crippen LogP contribution in [-0.2, 0) is 10.0 Å². The van der Waals surface area contributed by atoms with Crippen LogP contribution >= 0.6 is 0 Å². The third kappa shape index (κ3) is 4.72. The molecule has 0 spiro atoms. The Morgan fingerprint density at radius 1 is 1.09 bits per heavy atom. The van der Waals surface area contributed by atoms with Gasteiger partial charge in [0.05, 0.1) is 19.1 Å². The van der Waals surface area contributed by atoms with Crippen LogP contribution in [0.3, 0.4) is 0 Å². The maximum absolute atomic E-state index is 12.2. The van der Waals surface area contributed by atoms with Gasteiger partial charge < -0.3 is 10.1 Å². The van der Waals surface area contributed by atoms with Crippen LogP contribution in [0.15, 0.2) is 42.5 Å². The van der Waals surface area contributed by atoms with Gasteiger partial charge in [-0.05, 0) is 31.2 Å². The number of amides is 1. The second-order valence-electron chi connectivity index (χ2n) is 5.11. The summed E-state index contributed by atoms with van der Waals surface area (Å²) >= 11 is 0. The Labute approximate surface area is 135 Å². The number of nitrogens with one attached hydrogen (secondary N) is 2. The highest BCUT2D eigenvalue weighted by atomic mass is 32.2. The Morgan fingerprint density at radius 3 is 2.30 bits per heavy atom. The molecule has 0 aromatic heterocycles. The van der Waals surface area contributed by atoms with Crippen LogP contribution in [0.25, 0.3) is 0 Å². The fourth-order valence-electron chi connectivity index (χ4n) is 1.96. The van der Waals surface area contributed by atoms with Crippen molar-refractivity contribution >= 4 is 27.3 Å². The van der Waals surface area contributed by atoms with Gasteiger partial charge in [-0.3, -0.25) is 9.52 Å². The second kappa shape index (κ2) is 6.70. The number of anilines is 2. The van der Waals surface area contributed by atoms with Crippen LogP contribution in [0.1, 0.15) is 15.9 Å². The molecule has 0 radical (unpaired) electrons. The molecule has 0 aliphatic carbocycles. The highest BCUT2D eigenvalue weighted by molar-refractivity contribution is 7.92. The van der Waals surface area contributed by atoms with E-state index in [9.17, 15) is 13.2 Å². The van der Waals surface area contributed by atoms with Crippen molar-refractivity contribution in [2.24, 2.45) is 0 Å². The molecule has 2 aromatic rings. The quantitative estimate of drug-likeness (QED) is 0.880. The lowest BCUT2D eigenvalue weighted by atomic mass is 10.1. The summed E-state index contributed by atoms with van der Waals surface area (Å²) in [6.07, 6.45) is 1.06. The van der Waals surface area contributed by atoms with Crippen LogP contribution in [0, 0.1) is 6.92 Å². The van der Waals surface area contributed by atoms with E-state index in [0.29, 0.717) is 22.7 Å². The van der Waals surface area contributed by atoms with E-state index in [1.807, 2.05) is 19.1 Å². The van der Waals surface area contributed by atoms with Gasteiger partial charge in [-0.2, -0.15) is 0 Å². The van der Waals surface area contributed by atoms with Crippen LogP contribution < -0.4 is 14.8 Å². The fourth-order valence-corrected chi connectivity index (χ4v) is 2.53. The van der Waals surface area contributed by atoms with Gasteiger partial charge in [0, 0.05) is 17.3 Å². The van der Waals surface area contributed by atoms with Crippen LogP contribution in [0.2, 0.25) is 0 Å². The zero-order chi connectivity index (χ0) is 17.0. The molecule has 0 atom stereocenters. The standard InChI is InChI=1S/C16H18N2O4S/c1-11-4-6-12(7-5-11)16(19)17-13-8-9-14(15(10-13)22-2)18-23(3,20)21/h4-10,18H,1-3H3,(H,17,19). The Kier molecular flexibility index (Phi) is 4.90. The number of hydrogen-bond donors (Lipinski definition) is 2. The molecule has 122 valence electrons. The lowest BCUT2D eigenvalue weighted by Crippen LogP contribution is -2.13. The first-order valence-electron chi connectivity index (χ1n) is 6.82. The summed E-state index contributed by atoms with van der Waals surface area (Å²) in [6.45, 7) is 1.94. The second-order valence-corrected chi connectivity index (χ2v) is 6.86. The summed E-state index contributed by atoms with van der Waals surface area (Å²) in [5.41, 5.74) is 2.42. The van der Waals surface area contributed by atoms with Gasteiger partial charge >= 0.3 is 0 Å². The maximum atomic E-state index is 12.2. The van der Waals surface area contributed by atoms with E-state index in [0.717, 1.165) is 11.8 Å². The number of ether oxygens (including phenoxy) is 1. The van der Waals surface area contributed by atoms with Gasteiger partial charge in [-0.25, -0.2) is 8.42 Å². The molecular weight excluding hydrogens is 316 g/mol. The van der Waals surface area contributed by atoms with Crippen LogP contribution in [-0.4, -0.2) is 27.7 Å². The van der Waals surface area contributed by atoms with Gasteiger partial charge in [-0.1, -0.05) is 17.7 Å². The van der Waals surface area contributed by atoms with Gasteiger partial charge in [0.2, 0.25) is 10.0 Å². The first-order valence-corrected chi connectivity index (χ1v) is 8.71. The molecule has 7 heteroatoms. The predicted molar refractivity (Wildman–Crippen MR) is 90.6 cm³/mol. The first-order chi connectivity index (χ1) is 10.8. The first kappa shape index (κ1) is 16.8. The lowest BCUT2D eigenvalue weighted by molar-refractivity contribution is 0.102. The highest BCUT2D eigenvalue weighted by Gasteiger charge is 2.11. The monoisotopic (exact) mass is 334 g/mol. The number of hydrogen-bond acceptors (Lipinski definition) is 4. The number of carbonyl (C=O) groups excluding carboxylic acids is 1. The van der Waals surface area contributed by atoms with Crippen molar-refractivity contribution in [1.82, 2.24) is 0 Å². The van der Waals surface area contributed by atoms with Crippen LogP contribution in [0.5, 0.6) is 5.75 Å². The van der Waals surface area contributed by atoms with E-state index in [1.54, 1.807) is 24.3 Å². The number of carbonyl (C=O) groups is 1. The third-order valence-corrected chi connectivity index (χ3v) is 3.66. The number of sulfonamides is 1. The van der Waals surface area contributed by atoms with Crippen molar-refractivity contribution in [2.45, 2.75) is 6.92 Å². The van der Waals surface area contributed by atoms with Crippen LogP contribution in [0.4, 0.5) is 11.4 Å². The van der Waals surface area contributed by atoms with Crippen molar-refractivity contribution < 1.29 is 17.9 Å². The average molecular weight is 334 g/mol. The molecule has 23 heavy (non-hydrogen) atoms. The Bertz CT molecular complexity index is 814. The minimum atomic E-state index is -3.41. The summed E-state index contributed by atoms with van der Waals surface area (Å²) in [4.78, 5) is 12.2. The van der Waals surface area contributed by atoms with Gasteiger partial charge in [0.25, 0.3) is 5.91 Å². The summed E-state index contributed by atoms with van der Waals surface area (Å²) in [5.74, 6) is 0.0630. The molecule has 2 aromatic carbocycles. The highest BCUT2D eigenvalue weighted by Crippen LogP contribution is 2.28. The fraction of sp³-hybridized carbons (Fsp3) is 0.188. The van der Waals surface area contributed by atoms with Gasteiger partial charge in [0.1, 0.15) is 5.75 Å². The molecule has 1 amide bonds. The van der Waals surface area contributed by atoms with Crippen molar-refractivity contribution in [3.8, 4) is 5.75 Å². The van der Waals surface area contributed by atoms with Crippen molar-refractivity contribution in [3.63, 3.8) is 0 Å². The molecule has 0 fully saturated rings. The molecular formula is C16H18N2O4S. The normalized spacial score (nSPS) is 10.9. The maximum Gasteiger partial charge on any atom is 0.255 e. The van der Waals surface area contributed by atoms with Crippen molar-refractivity contribution in [1.29, 1.82) is 0 Å². The Balaban J connectivity index is 2.20. The molecule has 0 bridgehead atoms. The Hall–Kier alpha value is -2.54. The average Bonchev–Trinajstić information content (AvgIpc) is 2.48. The lowest BCUT2D eigenvalue weighted by Gasteiger charge is -2.12. The number of benzene rings is 2. The van der Waals surface area contributed by atoms with E-state index in [2.05, 4.69) is 10.0 Å². The number of methoxy groups -OCH3 is 1. The van der Waals surface area contributed by atoms with Crippen molar-refractivity contribution in [2.75, 3.05) is 23.4 Å². The number of aryl methyl sites for hydroxylation is 1. The van der Waals surface area contributed by atoms with E-state index in [1.165, 1.54) is 13.2 Å². The molecule has 0 aliphatic heterocycles. The Morgan fingerprint density at radius 2 is 1.74 bits per heavy atom. The molecule has 0 unspecified atom stereocenters. The van der Waals surface area contributed by atoms with E-state index in [-0.39, 0.29) is 5.91 Å². The summed E-state index contributed by atoms with van der Waals surface area (Å²) < 4.78 is 30.1. The topological polar surface area (TPSA) is 84.5 Å². The van der Waals surface area contributed by atoms with Gasteiger partial charge in [0.15, 0.2) is 0 Å². The van der Waals surface area contributed by atoms with Crippen molar-refractivity contribution in [3.05, 3.63) is 53.6 Å². The molecule has 0 saturated heterocycles. The largest absolute Gasteiger partial charge is 0.494 e. The molecule has 0 heterocycles. The minimum Gasteiger partial charge on any atom is -0.494 e. The molecule has 6 nitrogen and oxygen atoms in total. The molecule has 0 aliphatic rings. The molecule has 2 rings (SSSR count). The zero-order valence-electron chi connectivity index (χ0n) is 13.1. The SMILES string of the molecule is COc1cc(NC(=O)c2ccc(C)cc2)ccc1NS(C)(=O)=O. The van der Waals surface area contributed by atoms with E-state index >= 15 is 0 Å². The summed E-state index contributed by atoms with van der Waals surface area (Å²) in [7, 11) is -1.99. The van der Waals surface area contributed by atoms with E-state index in [4.69, 9.17) is 4.74 Å². The summed E-state index contributed by atoms with van der Waals surface area (Å²) in [5, 5.41) is 2.75. The number of rotatable bonds is 5.